The molecular formula is C11H9BrN2. The third-order valence-electron chi connectivity index (χ3n) is 1.63. The summed E-state index contributed by atoms with van der Waals surface area (Å²) in [7, 11) is 0. The molecule has 0 bridgehead atoms. The van der Waals surface area contributed by atoms with Crippen LogP contribution in [0.15, 0.2) is 18.2 Å². The summed E-state index contributed by atoms with van der Waals surface area (Å²) in [6.07, 6.45) is 0.798. The van der Waals surface area contributed by atoms with Gasteiger partial charge in [-0.1, -0.05) is 27.8 Å². The van der Waals surface area contributed by atoms with Gasteiger partial charge < -0.3 is 5.73 Å². The molecule has 2 N–H and O–H groups in total. The molecule has 0 aliphatic carbocycles. The van der Waals surface area contributed by atoms with Crippen LogP contribution in [0.4, 0.5) is 5.69 Å². The van der Waals surface area contributed by atoms with Crippen molar-refractivity contribution in [3.8, 4) is 17.9 Å². The SMILES string of the molecule is N#Cc1cc(C#CCCBr)ccc1N. The van der Waals surface area contributed by atoms with Crippen LogP contribution < -0.4 is 5.73 Å². The minimum atomic E-state index is 0.482. The first kappa shape index (κ1) is 10.6. The summed E-state index contributed by atoms with van der Waals surface area (Å²) in [5, 5.41) is 9.59. The quantitative estimate of drug-likeness (QED) is 0.471. The molecule has 0 unspecified atom stereocenters. The largest absolute Gasteiger partial charge is 0.398 e. The van der Waals surface area contributed by atoms with Crippen molar-refractivity contribution in [2.45, 2.75) is 6.42 Å². The van der Waals surface area contributed by atoms with E-state index < -0.39 is 0 Å². The molecule has 0 aliphatic rings. The Kier molecular flexibility index (Phi) is 4.04. The Balaban J connectivity index is 2.93. The second-order valence-corrected chi connectivity index (χ2v) is 3.45. The predicted octanol–water partition coefficient (Wildman–Crippen LogP) is 2.28. The van der Waals surface area contributed by atoms with E-state index in [0.29, 0.717) is 11.3 Å². The Bertz CT molecular complexity index is 421. The van der Waals surface area contributed by atoms with E-state index in [1.165, 1.54) is 0 Å². The third kappa shape index (κ3) is 2.80. The molecule has 70 valence electrons. The van der Waals surface area contributed by atoms with E-state index in [2.05, 4.69) is 27.8 Å². The van der Waals surface area contributed by atoms with Gasteiger partial charge in [-0.2, -0.15) is 5.26 Å². The van der Waals surface area contributed by atoms with Crippen LogP contribution in [0.1, 0.15) is 17.5 Å². The Hall–Kier alpha value is -1.45. The molecule has 1 aromatic rings. The van der Waals surface area contributed by atoms with Crippen molar-refractivity contribution in [3.63, 3.8) is 0 Å². The lowest BCUT2D eigenvalue weighted by Gasteiger charge is -1.96. The van der Waals surface area contributed by atoms with E-state index in [0.717, 1.165) is 17.3 Å². The van der Waals surface area contributed by atoms with E-state index in [4.69, 9.17) is 11.0 Å². The van der Waals surface area contributed by atoms with Gasteiger partial charge >= 0.3 is 0 Å². The normalized spacial score (nSPS) is 8.57. The first-order valence-electron chi connectivity index (χ1n) is 4.12. The Morgan fingerprint density at radius 1 is 1.43 bits per heavy atom. The fraction of sp³-hybridized carbons (Fsp3) is 0.182. The molecule has 0 spiro atoms. The molecule has 3 heteroatoms. The molecule has 0 radical (unpaired) electrons. The third-order valence-corrected chi connectivity index (χ3v) is 2.02. The van der Waals surface area contributed by atoms with Gasteiger partial charge in [-0.15, -0.1) is 0 Å². The van der Waals surface area contributed by atoms with Crippen LogP contribution in [0, 0.1) is 23.2 Å². The maximum atomic E-state index is 8.73. The highest BCUT2D eigenvalue weighted by Crippen LogP contribution is 2.11. The Morgan fingerprint density at radius 3 is 2.86 bits per heavy atom. The molecule has 0 heterocycles. The van der Waals surface area contributed by atoms with Gasteiger partial charge in [0.25, 0.3) is 0 Å². The minimum absolute atomic E-state index is 0.482. The molecule has 0 fully saturated rings. The van der Waals surface area contributed by atoms with Crippen LogP contribution in [0.3, 0.4) is 0 Å². The number of nitrogen functional groups attached to an aromatic ring is 1. The van der Waals surface area contributed by atoms with Crippen molar-refractivity contribution >= 4 is 21.6 Å². The highest BCUT2D eigenvalue weighted by Gasteiger charge is 1.97. The standard InChI is InChI=1S/C11H9BrN2/c12-6-2-1-3-9-4-5-11(14)10(7-9)8-13/h4-5,7H,2,6,14H2. The van der Waals surface area contributed by atoms with Crippen LogP contribution in [-0.2, 0) is 0 Å². The number of hydrogen-bond acceptors (Lipinski definition) is 2. The molecule has 0 aromatic heterocycles. The maximum absolute atomic E-state index is 8.73. The zero-order chi connectivity index (χ0) is 10.4. The number of rotatable bonds is 1. The number of nitriles is 1. The zero-order valence-electron chi connectivity index (χ0n) is 7.55. The second kappa shape index (κ2) is 5.32. The summed E-state index contributed by atoms with van der Waals surface area (Å²) in [6.45, 7) is 0. The summed E-state index contributed by atoms with van der Waals surface area (Å²) in [5.74, 6) is 5.94. The van der Waals surface area contributed by atoms with Crippen LogP contribution in [0.5, 0.6) is 0 Å². The van der Waals surface area contributed by atoms with Crippen molar-refractivity contribution in [2.24, 2.45) is 0 Å². The molecule has 0 aliphatic heterocycles. The lowest BCUT2D eigenvalue weighted by Crippen LogP contribution is -1.90. The average Bonchev–Trinajstić information content (AvgIpc) is 2.21. The molecule has 14 heavy (non-hydrogen) atoms. The molecule has 0 saturated heterocycles. The van der Waals surface area contributed by atoms with Gasteiger partial charge in [-0.05, 0) is 18.2 Å². The molecule has 0 saturated carbocycles. The van der Waals surface area contributed by atoms with Gasteiger partial charge in [0.1, 0.15) is 6.07 Å². The van der Waals surface area contributed by atoms with Gasteiger partial charge in [0.2, 0.25) is 0 Å². The summed E-state index contributed by atoms with van der Waals surface area (Å²) in [6, 6.07) is 7.25. The van der Waals surface area contributed by atoms with E-state index in [9.17, 15) is 0 Å². The molecule has 2 nitrogen and oxygen atoms in total. The molecule has 1 rings (SSSR count). The van der Waals surface area contributed by atoms with Gasteiger partial charge in [0, 0.05) is 23.0 Å². The summed E-state index contributed by atoms with van der Waals surface area (Å²) < 4.78 is 0. The topological polar surface area (TPSA) is 49.8 Å². The first-order chi connectivity index (χ1) is 6.77. The average molecular weight is 249 g/mol. The van der Waals surface area contributed by atoms with E-state index in [-0.39, 0.29) is 0 Å². The van der Waals surface area contributed by atoms with Crippen LogP contribution >= 0.6 is 15.9 Å². The van der Waals surface area contributed by atoms with Crippen molar-refractivity contribution in [1.29, 1.82) is 5.26 Å². The smallest absolute Gasteiger partial charge is 0.101 e. The minimum Gasteiger partial charge on any atom is -0.398 e. The lowest BCUT2D eigenvalue weighted by atomic mass is 10.1. The first-order valence-corrected chi connectivity index (χ1v) is 5.24. The predicted molar refractivity (Wildman–Crippen MR) is 60.9 cm³/mol. The van der Waals surface area contributed by atoms with Gasteiger partial charge in [0.05, 0.1) is 5.56 Å². The number of halogens is 1. The number of hydrogen-bond donors (Lipinski definition) is 1. The van der Waals surface area contributed by atoms with Crippen molar-refractivity contribution in [1.82, 2.24) is 0 Å². The summed E-state index contributed by atoms with van der Waals surface area (Å²) >= 11 is 3.29. The zero-order valence-corrected chi connectivity index (χ0v) is 9.13. The van der Waals surface area contributed by atoms with Crippen LogP contribution in [0.25, 0.3) is 0 Å². The second-order valence-electron chi connectivity index (χ2n) is 2.65. The van der Waals surface area contributed by atoms with Crippen molar-refractivity contribution in [3.05, 3.63) is 29.3 Å². The Morgan fingerprint density at radius 2 is 2.21 bits per heavy atom. The monoisotopic (exact) mass is 248 g/mol. The summed E-state index contributed by atoms with van der Waals surface area (Å²) in [5.41, 5.74) is 7.39. The van der Waals surface area contributed by atoms with E-state index in [1.807, 2.05) is 12.1 Å². The summed E-state index contributed by atoms with van der Waals surface area (Å²) in [4.78, 5) is 0. The van der Waals surface area contributed by atoms with Gasteiger partial charge in [-0.3, -0.25) is 0 Å². The van der Waals surface area contributed by atoms with Gasteiger partial charge in [0.15, 0.2) is 0 Å². The molecule has 0 atom stereocenters. The number of alkyl halides is 1. The lowest BCUT2D eigenvalue weighted by molar-refractivity contribution is 1.32. The highest BCUT2D eigenvalue weighted by molar-refractivity contribution is 9.09. The van der Waals surface area contributed by atoms with Crippen LogP contribution in [-0.4, -0.2) is 5.33 Å². The molecular weight excluding hydrogens is 240 g/mol. The van der Waals surface area contributed by atoms with Gasteiger partial charge in [-0.25, -0.2) is 0 Å². The van der Waals surface area contributed by atoms with E-state index >= 15 is 0 Å². The Labute approximate surface area is 91.9 Å². The number of nitrogens with two attached hydrogens (primary N) is 1. The molecule has 1 aromatic carbocycles. The number of nitrogens with zero attached hydrogens (tertiary/aromatic N) is 1. The fourth-order valence-electron chi connectivity index (χ4n) is 0.943. The maximum Gasteiger partial charge on any atom is 0.101 e. The number of anilines is 1. The van der Waals surface area contributed by atoms with E-state index in [1.54, 1.807) is 12.1 Å². The number of benzene rings is 1. The fourth-order valence-corrected chi connectivity index (χ4v) is 1.14. The molecule has 0 amide bonds. The van der Waals surface area contributed by atoms with Crippen molar-refractivity contribution < 1.29 is 0 Å². The van der Waals surface area contributed by atoms with Crippen molar-refractivity contribution in [2.75, 3.05) is 11.1 Å². The van der Waals surface area contributed by atoms with Crippen LogP contribution in [0.2, 0.25) is 0 Å². The highest BCUT2D eigenvalue weighted by atomic mass is 79.9.